The van der Waals surface area contributed by atoms with Crippen LogP contribution in [0, 0.1) is 5.92 Å². The summed E-state index contributed by atoms with van der Waals surface area (Å²) in [6, 6.07) is 8.42. The maximum absolute atomic E-state index is 3.48. The molecule has 3 heteroatoms. The van der Waals surface area contributed by atoms with E-state index in [1.165, 1.54) is 17.7 Å². The quantitative estimate of drug-likeness (QED) is 0.588. The van der Waals surface area contributed by atoms with Crippen molar-refractivity contribution < 1.29 is 0 Å². The summed E-state index contributed by atoms with van der Waals surface area (Å²) < 4.78 is 0. The predicted octanol–water partition coefficient (Wildman–Crippen LogP) is 2.45. The number of anilines is 1. The van der Waals surface area contributed by atoms with Crippen LogP contribution in [-0.2, 0) is 6.54 Å². The van der Waals surface area contributed by atoms with Gasteiger partial charge in [-0.25, -0.2) is 0 Å². The van der Waals surface area contributed by atoms with Crippen LogP contribution in [-0.4, -0.2) is 26.7 Å². The number of para-hydroxylation sites is 1. The number of hydrogen-bond acceptors (Lipinski definition) is 3. The Kier molecular flexibility index (Phi) is 7.46. The maximum atomic E-state index is 3.48. The molecule has 0 fully saturated rings. The summed E-state index contributed by atoms with van der Waals surface area (Å²) in [5, 5.41) is 10.2. The van der Waals surface area contributed by atoms with Crippen molar-refractivity contribution in [2.75, 3.05) is 32.0 Å². The van der Waals surface area contributed by atoms with Gasteiger partial charge in [-0.1, -0.05) is 32.0 Å². The second-order valence-corrected chi connectivity index (χ2v) is 5.04. The molecule has 0 atom stereocenters. The molecular formula is C15H27N3. The fourth-order valence-corrected chi connectivity index (χ4v) is 1.87. The van der Waals surface area contributed by atoms with E-state index in [9.17, 15) is 0 Å². The zero-order chi connectivity index (χ0) is 13.2. The molecule has 1 aromatic carbocycles. The van der Waals surface area contributed by atoms with Crippen LogP contribution in [0.4, 0.5) is 5.69 Å². The molecular weight excluding hydrogens is 222 g/mol. The standard InChI is InChI=1S/C15H27N3/c1-13(2)11-17-9-6-10-18-12-14-7-4-5-8-15(14)16-3/h4-5,7-8,13,16-18H,6,9-12H2,1-3H3. The van der Waals surface area contributed by atoms with E-state index in [1.807, 2.05) is 7.05 Å². The zero-order valence-corrected chi connectivity index (χ0v) is 11.9. The van der Waals surface area contributed by atoms with Crippen molar-refractivity contribution in [1.29, 1.82) is 0 Å². The second kappa shape index (κ2) is 8.95. The lowest BCUT2D eigenvalue weighted by Crippen LogP contribution is -2.24. The minimum atomic E-state index is 0.737. The largest absolute Gasteiger partial charge is 0.388 e. The molecule has 1 rings (SSSR count). The monoisotopic (exact) mass is 249 g/mol. The zero-order valence-electron chi connectivity index (χ0n) is 11.9. The average molecular weight is 249 g/mol. The van der Waals surface area contributed by atoms with Crippen molar-refractivity contribution in [3.8, 4) is 0 Å². The van der Waals surface area contributed by atoms with Gasteiger partial charge in [0.1, 0.15) is 0 Å². The van der Waals surface area contributed by atoms with Crippen LogP contribution < -0.4 is 16.0 Å². The Labute approximate surface area is 111 Å². The first-order chi connectivity index (χ1) is 8.74. The third-order valence-electron chi connectivity index (χ3n) is 2.86. The molecule has 1 aromatic rings. The number of rotatable bonds is 9. The lowest BCUT2D eigenvalue weighted by atomic mass is 10.2. The van der Waals surface area contributed by atoms with E-state index in [2.05, 4.69) is 54.1 Å². The van der Waals surface area contributed by atoms with Crippen LogP contribution in [0.15, 0.2) is 24.3 Å². The first-order valence-electron chi connectivity index (χ1n) is 6.91. The molecule has 0 aliphatic rings. The summed E-state index contributed by atoms with van der Waals surface area (Å²) in [4.78, 5) is 0. The fourth-order valence-electron chi connectivity index (χ4n) is 1.87. The first-order valence-corrected chi connectivity index (χ1v) is 6.91. The highest BCUT2D eigenvalue weighted by Gasteiger charge is 1.98. The summed E-state index contributed by atoms with van der Waals surface area (Å²) in [7, 11) is 1.97. The Bertz CT molecular complexity index is 323. The van der Waals surface area contributed by atoms with Gasteiger partial charge in [0.05, 0.1) is 0 Å². The Hall–Kier alpha value is -1.06. The number of nitrogens with one attached hydrogen (secondary N) is 3. The van der Waals surface area contributed by atoms with E-state index in [1.54, 1.807) is 0 Å². The van der Waals surface area contributed by atoms with Crippen LogP contribution in [0.5, 0.6) is 0 Å². The SMILES string of the molecule is CNc1ccccc1CNCCCNCC(C)C. The van der Waals surface area contributed by atoms with Gasteiger partial charge in [-0.2, -0.15) is 0 Å². The van der Waals surface area contributed by atoms with E-state index in [4.69, 9.17) is 0 Å². The van der Waals surface area contributed by atoms with Crippen LogP contribution in [0.25, 0.3) is 0 Å². The van der Waals surface area contributed by atoms with Gasteiger partial charge in [0.15, 0.2) is 0 Å². The van der Waals surface area contributed by atoms with Gasteiger partial charge >= 0.3 is 0 Å². The fraction of sp³-hybridized carbons (Fsp3) is 0.600. The molecule has 3 nitrogen and oxygen atoms in total. The molecule has 0 bridgehead atoms. The van der Waals surface area contributed by atoms with E-state index >= 15 is 0 Å². The Balaban J connectivity index is 2.10. The molecule has 3 N–H and O–H groups in total. The summed E-state index contributed by atoms with van der Waals surface area (Å²) in [5.41, 5.74) is 2.54. The van der Waals surface area contributed by atoms with Gasteiger partial charge in [-0.05, 0) is 43.6 Å². The molecule has 0 amide bonds. The summed E-state index contributed by atoms with van der Waals surface area (Å²) in [6.07, 6.45) is 1.18. The normalized spacial score (nSPS) is 10.9. The lowest BCUT2D eigenvalue weighted by Gasteiger charge is -2.10. The molecule has 0 spiro atoms. The molecule has 0 unspecified atom stereocenters. The topological polar surface area (TPSA) is 36.1 Å². The van der Waals surface area contributed by atoms with Crippen LogP contribution in [0.2, 0.25) is 0 Å². The third-order valence-corrected chi connectivity index (χ3v) is 2.86. The highest BCUT2D eigenvalue weighted by molar-refractivity contribution is 5.50. The van der Waals surface area contributed by atoms with Gasteiger partial charge in [-0.3, -0.25) is 0 Å². The van der Waals surface area contributed by atoms with Crippen molar-refractivity contribution in [3.63, 3.8) is 0 Å². The molecule has 0 saturated carbocycles. The van der Waals surface area contributed by atoms with Gasteiger partial charge < -0.3 is 16.0 Å². The smallest absolute Gasteiger partial charge is 0.0383 e. The molecule has 102 valence electrons. The highest BCUT2D eigenvalue weighted by atomic mass is 14.9. The highest BCUT2D eigenvalue weighted by Crippen LogP contribution is 2.13. The van der Waals surface area contributed by atoms with Crippen molar-refractivity contribution >= 4 is 5.69 Å². The number of benzene rings is 1. The second-order valence-electron chi connectivity index (χ2n) is 5.04. The van der Waals surface area contributed by atoms with Crippen LogP contribution in [0.1, 0.15) is 25.8 Å². The third kappa shape index (κ3) is 6.03. The molecule has 0 saturated heterocycles. The van der Waals surface area contributed by atoms with Crippen molar-refractivity contribution in [2.45, 2.75) is 26.8 Å². The van der Waals surface area contributed by atoms with Crippen LogP contribution in [0.3, 0.4) is 0 Å². The van der Waals surface area contributed by atoms with Crippen LogP contribution >= 0.6 is 0 Å². The molecule has 0 heterocycles. The Morgan fingerprint density at radius 2 is 1.78 bits per heavy atom. The van der Waals surface area contributed by atoms with Crippen molar-refractivity contribution in [2.24, 2.45) is 5.92 Å². The van der Waals surface area contributed by atoms with Crippen molar-refractivity contribution in [1.82, 2.24) is 10.6 Å². The van der Waals surface area contributed by atoms with E-state index < -0.39 is 0 Å². The molecule has 0 aromatic heterocycles. The minimum absolute atomic E-state index is 0.737. The van der Waals surface area contributed by atoms with Gasteiger partial charge in [-0.15, -0.1) is 0 Å². The van der Waals surface area contributed by atoms with Crippen molar-refractivity contribution in [3.05, 3.63) is 29.8 Å². The van der Waals surface area contributed by atoms with Gasteiger partial charge in [0.25, 0.3) is 0 Å². The average Bonchev–Trinajstić information content (AvgIpc) is 2.37. The molecule has 0 aliphatic heterocycles. The molecule has 0 radical (unpaired) electrons. The van der Waals surface area contributed by atoms with Gasteiger partial charge in [0, 0.05) is 19.3 Å². The Morgan fingerprint density at radius 3 is 2.50 bits per heavy atom. The molecule has 18 heavy (non-hydrogen) atoms. The minimum Gasteiger partial charge on any atom is -0.388 e. The summed E-state index contributed by atoms with van der Waals surface area (Å²) >= 11 is 0. The van der Waals surface area contributed by atoms with E-state index in [-0.39, 0.29) is 0 Å². The summed E-state index contributed by atoms with van der Waals surface area (Å²) in [6.45, 7) is 8.67. The summed E-state index contributed by atoms with van der Waals surface area (Å²) in [5.74, 6) is 0.737. The number of hydrogen-bond donors (Lipinski definition) is 3. The van der Waals surface area contributed by atoms with E-state index in [0.717, 1.165) is 32.1 Å². The Morgan fingerprint density at radius 1 is 1.06 bits per heavy atom. The lowest BCUT2D eigenvalue weighted by molar-refractivity contribution is 0.530. The first kappa shape index (κ1) is 15.0. The predicted molar refractivity (Wildman–Crippen MR) is 80.0 cm³/mol. The van der Waals surface area contributed by atoms with E-state index in [0.29, 0.717) is 0 Å². The molecule has 0 aliphatic carbocycles. The maximum Gasteiger partial charge on any atom is 0.0383 e. The van der Waals surface area contributed by atoms with Gasteiger partial charge in [0.2, 0.25) is 0 Å².